The Kier molecular flexibility index (Phi) is 4.21. The van der Waals surface area contributed by atoms with Crippen molar-refractivity contribution in [1.29, 1.82) is 0 Å². The average molecular weight is 437 g/mol. The normalized spacial score (nSPS) is 13.0. The van der Waals surface area contributed by atoms with Crippen LogP contribution in [0.15, 0.2) is 42.3 Å². The van der Waals surface area contributed by atoms with Gasteiger partial charge in [-0.15, -0.1) is 11.3 Å². The smallest absolute Gasteiger partial charge is 0.152 e. The van der Waals surface area contributed by atoms with Gasteiger partial charge in [-0.3, -0.25) is 5.84 Å². The molecule has 0 fully saturated rings. The highest BCUT2D eigenvalue weighted by Crippen LogP contribution is 2.39. The minimum absolute atomic E-state index is 0.240. The van der Waals surface area contributed by atoms with Gasteiger partial charge in [0.15, 0.2) is 5.58 Å². The van der Waals surface area contributed by atoms with Crippen LogP contribution in [0.1, 0.15) is 17.4 Å². The average Bonchev–Trinajstić information content (AvgIpc) is 2.96. The number of para-hydroxylation sites is 1. The summed E-state index contributed by atoms with van der Waals surface area (Å²) in [7, 11) is 0. The van der Waals surface area contributed by atoms with Crippen molar-refractivity contribution in [3.8, 4) is 0 Å². The second-order valence-corrected chi connectivity index (χ2v) is 8.34. The van der Waals surface area contributed by atoms with Crippen molar-refractivity contribution in [1.82, 2.24) is 5.43 Å². The number of nitrogens with one attached hydrogen (secondary N) is 1. The molecule has 1 aromatic carbocycles. The van der Waals surface area contributed by atoms with Gasteiger partial charge in [0.05, 0.1) is 12.6 Å². The molecule has 1 unspecified atom stereocenters. The van der Waals surface area contributed by atoms with Gasteiger partial charge in [0.25, 0.3) is 0 Å². The van der Waals surface area contributed by atoms with Crippen LogP contribution in [-0.2, 0) is 0 Å². The van der Waals surface area contributed by atoms with Crippen molar-refractivity contribution in [3.63, 3.8) is 0 Å². The van der Waals surface area contributed by atoms with Crippen LogP contribution in [0.4, 0.5) is 0 Å². The third-order valence-electron chi connectivity index (χ3n) is 2.96. The van der Waals surface area contributed by atoms with E-state index in [-0.39, 0.29) is 6.04 Å². The van der Waals surface area contributed by atoms with Crippen LogP contribution in [0.25, 0.3) is 11.0 Å². The maximum absolute atomic E-state index is 6.14. The first-order chi connectivity index (χ1) is 9.60. The van der Waals surface area contributed by atoms with Crippen LogP contribution in [0.5, 0.6) is 0 Å². The summed E-state index contributed by atoms with van der Waals surface area (Å²) in [5, 5.41) is 1.55. The Balaban J connectivity index is 2.12. The van der Waals surface area contributed by atoms with Crippen molar-refractivity contribution in [2.24, 2.45) is 5.84 Å². The number of hydrazine groups is 1. The third kappa shape index (κ3) is 2.56. The molecule has 0 aliphatic carbocycles. The topological polar surface area (TPSA) is 51.2 Å². The van der Waals surface area contributed by atoms with E-state index in [1.807, 2.05) is 24.3 Å². The predicted molar refractivity (Wildman–Crippen MR) is 90.1 cm³/mol. The Morgan fingerprint density at radius 2 is 2.10 bits per heavy atom. The van der Waals surface area contributed by atoms with Crippen molar-refractivity contribution >= 4 is 65.8 Å². The number of benzene rings is 1. The Bertz CT molecular complexity index is 771. The van der Waals surface area contributed by atoms with Gasteiger partial charge >= 0.3 is 0 Å². The maximum atomic E-state index is 6.14. The molecule has 0 saturated carbocycles. The van der Waals surface area contributed by atoms with Crippen LogP contribution >= 0.6 is 54.8 Å². The van der Waals surface area contributed by atoms with E-state index in [0.717, 1.165) is 24.3 Å². The molecule has 0 aliphatic heterocycles. The van der Waals surface area contributed by atoms with Crippen LogP contribution in [0.2, 0.25) is 5.02 Å². The van der Waals surface area contributed by atoms with Gasteiger partial charge < -0.3 is 4.42 Å². The number of hydrogen-bond acceptors (Lipinski definition) is 4. The summed E-state index contributed by atoms with van der Waals surface area (Å²) >= 11 is 14.7. The molecule has 0 aliphatic rings. The molecule has 0 bridgehead atoms. The molecule has 0 spiro atoms. The minimum atomic E-state index is -0.240. The van der Waals surface area contributed by atoms with Crippen molar-refractivity contribution in [2.75, 3.05) is 0 Å². The Labute approximate surface area is 141 Å². The van der Waals surface area contributed by atoms with E-state index in [2.05, 4.69) is 37.3 Å². The minimum Gasteiger partial charge on any atom is -0.457 e. The lowest BCUT2D eigenvalue weighted by Gasteiger charge is -2.12. The highest BCUT2D eigenvalue weighted by Gasteiger charge is 2.22. The molecule has 3 aromatic rings. The highest BCUT2D eigenvalue weighted by molar-refractivity contribution is 9.12. The molecule has 0 amide bonds. The van der Waals surface area contributed by atoms with Gasteiger partial charge in [0.1, 0.15) is 11.8 Å². The molecule has 0 saturated heterocycles. The SMILES string of the molecule is NNC(c1cc2cccc(Cl)c2o1)c1cc(Br)sc1Br. The number of fused-ring (bicyclic) bond motifs is 1. The fraction of sp³-hybridized carbons (Fsp3) is 0.0769. The number of hydrogen-bond donors (Lipinski definition) is 2. The Morgan fingerprint density at radius 3 is 2.70 bits per heavy atom. The molecule has 2 heterocycles. The number of thiophene rings is 1. The molecule has 20 heavy (non-hydrogen) atoms. The molecule has 7 heteroatoms. The lowest BCUT2D eigenvalue weighted by molar-refractivity contribution is 0.477. The van der Waals surface area contributed by atoms with Gasteiger partial charge in [0, 0.05) is 10.9 Å². The standard InChI is InChI=1S/C13H9Br2ClN2OS/c14-10-5-7(13(15)20-10)11(18-17)9-4-6-2-1-3-8(16)12(6)19-9/h1-5,11,18H,17H2. The second kappa shape index (κ2) is 5.79. The number of rotatable bonds is 3. The number of furan rings is 1. The van der Waals surface area contributed by atoms with Crippen LogP contribution < -0.4 is 11.3 Å². The van der Waals surface area contributed by atoms with E-state index in [1.165, 1.54) is 0 Å². The van der Waals surface area contributed by atoms with Gasteiger partial charge in [-0.2, -0.15) is 0 Å². The zero-order chi connectivity index (χ0) is 14.3. The fourth-order valence-corrected chi connectivity index (χ4v) is 5.19. The highest BCUT2D eigenvalue weighted by atomic mass is 79.9. The lowest BCUT2D eigenvalue weighted by atomic mass is 10.1. The molecule has 104 valence electrons. The molecular formula is C13H9Br2ClN2OS. The molecule has 2 aromatic heterocycles. The summed E-state index contributed by atoms with van der Waals surface area (Å²) < 4.78 is 7.89. The first-order valence-electron chi connectivity index (χ1n) is 5.69. The number of nitrogens with two attached hydrogens (primary N) is 1. The summed E-state index contributed by atoms with van der Waals surface area (Å²) in [6.45, 7) is 0. The monoisotopic (exact) mass is 434 g/mol. The molecule has 3 nitrogen and oxygen atoms in total. The predicted octanol–water partition coefficient (Wildman–Crippen LogP) is 5.23. The first-order valence-corrected chi connectivity index (χ1v) is 8.47. The Hall–Kier alpha value is -0.370. The van der Waals surface area contributed by atoms with Gasteiger partial charge in [0.2, 0.25) is 0 Å². The zero-order valence-corrected chi connectivity index (χ0v) is 14.7. The lowest BCUT2D eigenvalue weighted by Crippen LogP contribution is -2.28. The molecule has 3 N–H and O–H groups in total. The van der Waals surface area contributed by atoms with E-state index in [9.17, 15) is 0 Å². The quantitative estimate of drug-likeness (QED) is 0.437. The molecule has 1 atom stereocenters. The second-order valence-electron chi connectivity index (χ2n) is 4.19. The van der Waals surface area contributed by atoms with E-state index in [1.54, 1.807) is 17.4 Å². The zero-order valence-electron chi connectivity index (χ0n) is 9.99. The first kappa shape index (κ1) is 14.6. The van der Waals surface area contributed by atoms with E-state index in [4.69, 9.17) is 21.9 Å². The van der Waals surface area contributed by atoms with Crippen molar-refractivity contribution in [2.45, 2.75) is 6.04 Å². The summed E-state index contributed by atoms with van der Waals surface area (Å²) in [6, 6.07) is 9.37. The molecule has 3 rings (SSSR count). The van der Waals surface area contributed by atoms with Crippen LogP contribution in [0.3, 0.4) is 0 Å². The largest absolute Gasteiger partial charge is 0.457 e. The van der Waals surface area contributed by atoms with Gasteiger partial charge in [-0.05, 0) is 50.1 Å². The maximum Gasteiger partial charge on any atom is 0.152 e. The van der Waals surface area contributed by atoms with E-state index >= 15 is 0 Å². The molecular weight excluding hydrogens is 427 g/mol. The third-order valence-corrected chi connectivity index (χ3v) is 5.64. The number of halogens is 3. The van der Waals surface area contributed by atoms with Crippen molar-refractivity contribution in [3.05, 3.63) is 54.3 Å². The molecule has 0 radical (unpaired) electrons. The summed E-state index contributed by atoms with van der Waals surface area (Å²) in [5.41, 5.74) is 4.48. The van der Waals surface area contributed by atoms with Crippen LogP contribution in [-0.4, -0.2) is 0 Å². The fourth-order valence-electron chi connectivity index (χ4n) is 2.06. The Morgan fingerprint density at radius 1 is 1.30 bits per heavy atom. The van der Waals surface area contributed by atoms with E-state index < -0.39 is 0 Å². The summed E-state index contributed by atoms with van der Waals surface area (Å²) in [4.78, 5) is 0. The van der Waals surface area contributed by atoms with Crippen LogP contribution in [0, 0.1) is 0 Å². The van der Waals surface area contributed by atoms with E-state index in [0.29, 0.717) is 10.6 Å². The van der Waals surface area contributed by atoms with Crippen molar-refractivity contribution < 1.29 is 4.42 Å². The summed E-state index contributed by atoms with van der Waals surface area (Å²) in [6.07, 6.45) is 0. The summed E-state index contributed by atoms with van der Waals surface area (Å²) in [5.74, 6) is 6.42. The van der Waals surface area contributed by atoms with Gasteiger partial charge in [-0.25, -0.2) is 5.43 Å². The van der Waals surface area contributed by atoms with Gasteiger partial charge in [-0.1, -0.05) is 23.7 Å².